The first-order valence-corrected chi connectivity index (χ1v) is 3.53. The smallest absolute Gasteiger partial charge is 0.540 e. The van der Waals surface area contributed by atoms with Crippen molar-refractivity contribution < 1.29 is 33.6 Å². The Morgan fingerprint density at radius 2 is 2.07 bits per heavy atom. The number of carboxylic acid groups (broad SMARTS) is 1. The number of anilines is 1. The van der Waals surface area contributed by atoms with Crippen molar-refractivity contribution in [3.8, 4) is 0 Å². The zero-order valence-corrected chi connectivity index (χ0v) is 7.90. The monoisotopic (exact) mass is 186 g/mol. The fourth-order valence-electron chi connectivity index (χ4n) is 0.805. The van der Waals surface area contributed by atoms with Crippen LogP contribution in [0.25, 0.3) is 0 Å². The number of aliphatic carboxylic acids is 1. The number of nitrogens with one attached hydrogen (secondary N) is 1. The molecule has 0 aromatic carbocycles. The van der Waals surface area contributed by atoms with Gasteiger partial charge in [-0.3, -0.25) is 9.78 Å². The number of aryl methyl sites for hydroxylation is 1. The zero-order chi connectivity index (χ0) is 9.84. The molecule has 1 rings (SSSR count). The molecule has 6 heteroatoms. The van der Waals surface area contributed by atoms with Gasteiger partial charge in [-0.15, -0.1) is 0 Å². The van der Waals surface area contributed by atoms with Gasteiger partial charge in [0.25, 0.3) is 5.91 Å². The maximum Gasteiger partial charge on any atom is 1.00 e. The van der Waals surface area contributed by atoms with Crippen LogP contribution < -0.4 is 29.3 Å². The van der Waals surface area contributed by atoms with Crippen LogP contribution in [0.2, 0.25) is 0 Å². The van der Waals surface area contributed by atoms with Crippen LogP contribution in [0.4, 0.5) is 5.69 Å². The number of carboxylic acids is 1. The Balaban J connectivity index is 0.00000169. The Kier molecular flexibility index (Phi) is 4.92. The van der Waals surface area contributed by atoms with Gasteiger partial charge in [-0.2, -0.15) is 0 Å². The van der Waals surface area contributed by atoms with Gasteiger partial charge in [0.05, 0.1) is 11.9 Å². The molecule has 0 radical (unpaired) electrons. The molecule has 68 valence electrons. The maximum atomic E-state index is 10.6. The fourth-order valence-corrected chi connectivity index (χ4v) is 0.805. The van der Waals surface area contributed by atoms with Crippen molar-refractivity contribution in [2.75, 3.05) is 5.32 Å². The van der Waals surface area contributed by atoms with Crippen LogP contribution in [0.3, 0.4) is 0 Å². The summed E-state index contributed by atoms with van der Waals surface area (Å²) in [6.07, 6.45) is 2.95. The largest absolute Gasteiger partial charge is 1.00 e. The van der Waals surface area contributed by atoms with Gasteiger partial charge in [-0.25, -0.2) is 0 Å². The minimum Gasteiger partial charge on any atom is -0.540 e. The molecule has 0 saturated heterocycles. The molecule has 0 aliphatic rings. The van der Waals surface area contributed by atoms with Crippen molar-refractivity contribution >= 4 is 17.6 Å². The molecule has 1 heterocycles. The Morgan fingerprint density at radius 3 is 2.57 bits per heavy atom. The van der Waals surface area contributed by atoms with E-state index in [-0.39, 0.29) is 18.9 Å². The number of aromatic nitrogens is 1. The molecule has 0 aliphatic heterocycles. The molecule has 0 aliphatic carbocycles. The number of amides is 1. The average Bonchev–Trinajstić information content (AvgIpc) is 2.04. The number of hydrogen-bond donors (Lipinski definition) is 1. The van der Waals surface area contributed by atoms with Crippen molar-refractivity contribution in [3.63, 3.8) is 0 Å². The van der Waals surface area contributed by atoms with Crippen LogP contribution >= 0.6 is 0 Å². The Bertz CT molecular complexity index is 354. The first-order valence-electron chi connectivity index (χ1n) is 3.53. The summed E-state index contributed by atoms with van der Waals surface area (Å²) in [6.45, 7) is 1.78. The van der Waals surface area contributed by atoms with Crippen molar-refractivity contribution in [3.05, 3.63) is 24.0 Å². The van der Waals surface area contributed by atoms with Gasteiger partial charge in [0, 0.05) is 6.20 Å². The number of nitrogens with zero attached hydrogens (tertiary/aromatic N) is 1. The van der Waals surface area contributed by atoms with E-state index in [1.807, 2.05) is 0 Å². The molecular formula is C8H7LiN2O3. The van der Waals surface area contributed by atoms with Gasteiger partial charge in [-0.1, -0.05) is 0 Å². The van der Waals surface area contributed by atoms with Crippen molar-refractivity contribution in [2.24, 2.45) is 0 Å². The van der Waals surface area contributed by atoms with Gasteiger partial charge >= 0.3 is 18.9 Å². The number of carbonyl (C=O) groups is 2. The SMILES string of the molecule is Cc1cncc(NC(=O)C(=O)[O-])c1.[Li+]. The Labute approximate surface area is 92.7 Å². The van der Waals surface area contributed by atoms with Crippen LogP contribution in [0.15, 0.2) is 18.5 Å². The first kappa shape index (κ1) is 12.7. The normalized spacial score (nSPS) is 8.64. The summed E-state index contributed by atoms with van der Waals surface area (Å²) in [6, 6.07) is 1.60. The quantitative estimate of drug-likeness (QED) is 0.359. The minimum atomic E-state index is -1.76. The van der Waals surface area contributed by atoms with Crippen LogP contribution in [-0.4, -0.2) is 16.9 Å². The Hall–Kier alpha value is -1.31. The summed E-state index contributed by atoms with van der Waals surface area (Å²) < 4.78 is 0. The molecule has 0 spiro atoms. The van der Waals surface area contributed by atoms with Gasteiger partial charge in [0.2, 0.25) is 0 Å². The average molecular weight is 186 g/mol. The fraction of sp³-hybridized carbons (Fsp3) is 0.125. The third-order valence-electron chi connectivity index (χ3n) is 1.32. The second-order valence-electron chi connectivity index (χ2n) is 2.49. The van der Waals surface area contributed by atoms with Crippen molar-refractivity contribution in [1.29, 1.82) is 0 Å². The van der Waals surface area contributed by atoms with E-state index in [1.54, 1.807) is 19.2 Å². The molecule has 0 saturated carbocycles. The van der Waals surface area contributed by atoms with E-state index in [4.69, 9.17) is 0 Å². The second-order valence-corrected chi connectivity index (χ2v) is 2.49. The van der Waals surface area contributed by atoms with Gasteiger partial charge in [0.15, 0.2) is 0 Å². The summed E-state index contributed by atoms with van der Waals surface area (Å²) >= 11 is 0. The number of rotatable bonds is 1. The predicted molar refractivity (Wildman–Crippen MR) is 42.6 cm³/mol. The first-order chi connectivity index (χ1) is 6.09. The second kappa shape index (κ2) is 5.42. The summed E-state index contributed by atoms with van der Waals surface area (Å²) in [5, 5.41) is 12.2. The molecule has 0 bridgehead atoms. The van der Waals surface area contributed by atoms with E-state index in [9.17, 15) is 14.7 Å². The molecule has 0 fully saturated rings. The van der Waals surface area contributed by atoms with E-state index in [0.29, 0.717) is 5.69 Å². The molecule has 1 aromatic heterocycles. The van der Waals surface area contributed by atoms with Crippen LogP contribution in [-0.2, 0) is 9.59 Å². The Morgan fingerprint density at radius 1 is 1.43 bits per heavy atom. The number of pyridine rings is 1. The number of hydrogen-bond acceptors (Lipinski definition) is 4. The van der Waals surface area contributed by atoms with Gasteiger partial charge in [-0.05, 0) is 18.6 Å². The van der Waals surface area contributed by atoms with Gasteiger partial charge in [0.1, 0.15) is 5.97 Å². The molecule has 1 N–H and O–H groups in total. The van der Waals surface area contributed by atoms with E-state index in [1.165, 1.54) is 6.20 Å². The standard InChI is InChI=1S/C8H8N2O3.Li/c1-5-2-6(4-9-3-5)10-7(11)8(12)13;/h2-4H,1H3,(H,10,11)(H,12,13);/q;+1/p-1. The molecule has 14 heavy (non-hydrogen) atoms. The molecule has 0 unspecified atom stereocenters. The summed E-state index contributed by atoms with van der Waals surface area (Å²) in [7, 11) is 0. The maximum absolute atomic E-state index is 10.6. The van der Waals surface area contributed by atoms with E-state index < -0.39 is 11.9 Å². The molecule has 1 aromatic rings. The topological polar surface area (TPSA) is 82.1 Å². The predicted octanol–water partition coefficient (Wildman–Crippen LogP) is -3.92. The third kappa shape index (κ3) is 3.60. The molecule has 5 nitrogen and oxygen atoms in total. The van der Waals surface area contributed by atoms with E-state index >= 15 is 0 Å². The zero-order valence-electron chi connectivity index (χ0n) is 7.90. The minimum absolute atomic E-state index is 0. The van der Waals surface area contributed by atoms with Crippen LogP contribution in [0.1, 0.15) is 5.56 Å². The van der Waals surface area contributed by atoms with Gasteiger partial charge < -0.3 is 15.2 Å². The molecule has 1 amide bonds. The van der Waals surface area contributed by atoms with Crippen molar-refractivity contribution in [2.45, 2.75) is 6.92 Å². The summed E-state index contributed by atoms with van der Waals surface area (Å²) in [5.41, 5.74) is 1.17. The molecule has 0 atom stereocenters. The van der Waals surface area contributed by atoms with E-state index in [2.05, 4.69) is 10.3 Å². The summed E-state index contributed by atoms with van der Waals surface area (Å²) in [4.78, 5) is 24.4. The van der Waals surface area contributed by atoms with E-state index in [0.717, 1.165) is 5.56 Å². The van der Waals surface area contributed by atoms with Crippen LogP contribution in [0.5, 0.6) is 0 Å². The number of carbonyl (C=O) groups excluding carboxylic acids is 2. The summed E-state index contributed by atoms with van der Waals surface area (Å²) in [5.74, 6) is -2.94. The molecular weight excluding hydrogens is 179 g/mol. The van der Waals surface area contributed by atoms with Crippen molar-refractivity contribution in [1.82, 2.24) is 4.98 Å². The third-order valence-corrected chi connectivity index (χ3v) is 1.32. The van der Waals surface area contributed by atoms with Crippen LogP contribution in [0, 0.1) is 6.92 Å².